The molecule has 1 aliphatic heterocycles. The maximum atomic E-state index is 12.5. The molecule has 0 spiro atoms. The highest BCUT2D eigenvalue weighted by molar-refractivity contribution is 7.98. The number of rotatable bonds is 9. The summed E-state index contributed by atoms with van der Waals surface area (Å²) >= 11 is 7.92. The third-order valence-electron chi connectivity index (χ3n) is 6.49. The predicted octanol–water partition coefficient (Wildman–Crippen LogP) is 5.67. The number of benzene rings is 3. The van der Waals surface area contributed by atoms with Crippen LogP contribution in [-0.2, 0) is 18.8 Å². The molecule has 38 heavy (non-hydrogen) atoms. The van der Waals surface area contributed by atoms with E-state index in [1.165, 1.54) is 5.56 Å². The number of amides is 1. The Hall–Kier alpha value is -3.39. The first kappa shape index (κ1) is 26.2. The van der Waals surface area contributed by atoms with Gasteiger partial charge in [0.1, 0.15) is 11.0 Å². The fraction of sp³-hybridized carbons (Fsp3) is 0.233. The zero-order valence-electron chi connectivity index (χ0n) is 21.1. The fourth-order valence-corrected chi connectivity index (χ4v) is 5.41. The number of hydrogen-bond donors (Lipinski definition) is 1. The molecule has 0 bridgehead atoms. The molecule has 1 N–H and O–H groups in total. The van der Waals surface area contributed by atoms with Gasteiger partial charge < -0.3 is 10.2 Å². The maximum absolute atomic E-state index is 12.5. The van der Waals surface area contributed by atoms with E-state index in [1.54, 1.807) is 11.8 Å². The van der Waals surface area contributed by atoms with Gasteiger partial charge in [-0.15, -0.1) is 0 Å². The first-order chi connectivity index (χ1) is 18.6. The Balaban J connectivity index is 1.12. The van der Waals surface area contributed by atoms with E-state index in [9.17, 15) is 4.79 Å². The second-order valence-electron chi connectivity index (χ2n) is 9.23. The van der Waals surface area contributed by atoms with E-state index >= 15 is 0 Å². The number of carbonyl (C=O) groups excluding carboxylic acids is 1. The molecule has 1 amide bonds. The third kappa shape index (κ3) is 7.34. The molecular formula is C30H30ClN5OS. The normalized spacial score (nSPS) is 13.9. The molecule has 0 unspecified atom stereocenters. The summed E-state index contributed by atoms with van der Waals surface area (Å²) in [6.45, 7) is 5.23. The second-order valence-corrected chi connectivity index (χ2v) is 10.6. The van der Waals surface area contributed by atoms with Gasteiger partial charge in [0.05, 0.1) is 0 Å². The number of piperazine rings is 1. The van der Waals surface area contributed by atoms with E-state index < -0.39 is 0 Å². The molecular weight excluding hydrogens is 514 g/mol. The first-order valence-corrected chi connectivity index (χ1v) is 14.1. The SMILES string of the molecule is O=C(NCc1ccccc1)c1ccc(CSc2nc(Cl)cc(N3CCN(Cc4ccccc4)CC3)n2)cc1. The van der Waals surface area contributed by atoms with Crippen LogP contribution < -0.4 is 10.2 Å². The number of aromatic nitrogens is 2. The lowest BCUT2D eigenvalue weighted by atomic mass is 10.1. The van der Waals surface area contributed by atoms with Gasteiger partial charge in [0.15, 0.2) is 5.16 Å². The molecule has 2 heterocycles. The minimum Gasteiger partial charge on any atom is -0.354 e. The van der Waals surface area contributed by atoms with Gasteiger partial charge >= 0.3 is 0 Å². The monoisotopic (exact) mass is 543 g/mol. The highest BCUT2D eigenvalue weighted by Gasteiger charge is 2.19. The molecule has 4 aromatic rings. The van der Waals surface area contributed by atoms with Crippen LogP contribution in [0.1, 0.15) is 27.0 Å². The zero-order valence-corrected chi connectivity index (χ0v) is 22.7. The van der Waals surface area contributed by atoms with Gasteiger partial charge in [-0.3, -0.25) is 9.69 Å². The van der Waals surface area contributed by atoms with Crippen molar-refractivity contribution in [2.24, 2.45) is 0 Å². The Labute approximate surface area is 233 Å². The average Bonchev–Trinajstić information content (AvgIpc) is 2.96. The van der Waals surface area contributed by atoms with Crippen LogP contribution in [0.25, 0.3) is 0 Å². The van der Waals surface area contributed by atoms with Crippen molar-refractivity contribution in [1.29, 1.82) is 0 Å². The van der Waals surface area contributed by atoms with Gasteiger partial charge in [0.2, 0.25) is 0 Å². The Morgan fingerprint density at radius 3 is 2.16 bits per heavy atom. The number of nitrogens with zero attached hydrogens (tertiary/aromatic N) is 4. The van der Waals surface area contributed by atoms with E-state index in [4.69, 9.17) is 16.6 Å². The minimum absolute atomic E-state index is 0.0836. The molecule has 1 fully saturated rings. The summed E-state index contributed by atoms with van der Waals surface area (Å²) in [5.41, 5.74) is 4.14. The van der Waals surface area contributed by atoms with Gasteiger partial charge in [-0.2, -0.15) is 0 Å². The van der Waals surface area contributed by atoms with Crippen LogP contribution in [0.4, 0.5) is 5.82 Å². The van der Waals surface area contributed by atoms with Crippen molar-refractivity contribution >= 4 is 35.1 Å². The Morgan fingerprint density at radius 2 is 1.47 bits per heavy atom. The molecule has 8 heteroatoms. The van der Waals surface area contributed by atoms with Crippen molar-refractivity contribution in [2.45, 2.75) is 24.0 Å². The van der Waals surface area contributed by atoms with Gasteiger partial charge in [-0.05, 0) is 28.8 Å². The van der Waals surface area contributed by atoms with Crippen molar-refractivity contribution in [1.82, 2.24) is 20.2 Å². The maximum Gasteiger partial charge on any atom is 0.251 e. The zero-order chi connectivity index (χ0) is 26.2. The van der Waals surface area contributed by atoms with E-state index in [2.05, 4.69) is 50.4 Å². The molecule has 1 aliphatic rings. The summed E-state index contributed by atoms with van der Waals surface area (Å²) in [6.07, 6.45) is 0. The number of anilines is 1. The van der Waals surface area contributed by atoms with E-state index in [-0.39, 0.29) is 5.91 Å². The van der Waals surface area contributed by atoms with Crippen LogP contribution in [-0.4, -0.2) is 47.0 Å². The van der Waals surface area contributed by atoms with Gasteiger partial charge in [-0.1, -0.05) is 96.2 Å². The second kappa shape index (κ2) is 12.9. The Kier molecular flexibility index (Phi) is 8.91. The van der Waals surface area contributed by atoms with Crippen molar-refractivity contribution in [3.8, 4) is 0 Å². The van der Waals surface area contributed by atoms with Crippen molar-refractivity contribution in [3.05, 3.63) is 118 Å². The lowest BCUT2D eigenvalue weighted by molar-refractivity contribution is 0.0951. The average molecular weight is 544 g/mol. The summed E-state index contributed by atoms with van der Waals surface area (Å²) in [4.78, 5) is 26.5. The molecule has 194 valence electrons. The summed E-state index contributed by atoms with van der Waals surface area (Å²) in [5, 5.41) is 4.07. The van der Waals surface area contributed by atoms with Crippen LogP contribution >= 0.6 is 23.4 Å². The quantitative estimate of drug-likeness (QED) is 0.167. The minimum atomic E-state index is -0.0836. The molecule has 6 nitrogen and oxygen atoms in total. The smallest absolute Gasteiger partial charge is 0.251 e. The molecule has 5 rings (SSSR count). The molecule has 3 aromatic carbocycles. The summed E-state index contributed by atoms with van der Waals surface area (Å²) in [6, 6.07) is 30.0. The van der Waals surface area contributed by atoms with Gasteiger partial charge in [0.25, 0.3) is 5.91 Å². The van der Waals surface area contributed by atoms with Gasteiger partial charge in [-0.25, -0.2) is 9.97 Å². The predicted molar refractivity (Wildman–Crippen MR) is 155 cm³/mol. The van der Waals surface area contributed by atoms with E-state index in [0.717, 1.165) is 49.7 Å². The molecule has 0 saturated carbocycles. The number of halogens is 1. The highest BCUT2D eigenvalue weighted by Crippen LogP contribution is 2.25. The molecule has 0 radical (unpaired) electrons. The van der Waals surface area contributed by atoms with Crippen molar-refractivity contribution in [3.63, 3.8) is 0 Å². The van der Waals surface area contributed by atoms with Crippen LogP contribution in [0.2, 0.25) is 5.15 Å². The van der Waals surface area contributed by atoms with Crippen LogP contribution in [0, 0.1) is 0 Å². The number of carbonyl (C=O) groups is 1. The van der Waals surface area contributed by atoms with Crippen LogP contribution in [0.5, 0.6) is 0 Å². The molecule has 0 aliphatic carbocycles. The Morgan fingerprint density at radius 1 is 0.816 bits per heavy atom. The topological polar surface area (TPSA) is 61.4 Å². The highest BCUT2D eigenvalue weighted by atomic mass is 35.5. The lowest BCUT2D eigenvalue weighted by Gasteiger charge is -2.35. The van der Waals surface area contributed by atoms with Crippen LogP contribution in [0.3, 0.4) is 0 Å². The summed E-state index contributed by atoms with van der Waals surface area (Å²) in [5.74, 6) is 1.48. The number of nitrogens with one attached hydrogen (secondary N) is 1. The van der Waals surface area contributed by atoms with Crippen molar-refractivity contribution < 1.29 is 4.79 Å². The van der Waals surface area contributed by atoms with E-state index in [0.29, 0.717) is 28.2 Å². The molecule has 1 aromatic heterocycles. The summed E-state index contributed by atoms with van der Waals surface area (Å²) < 4.78 is 0. The summed E-state index contributed by atoms with van der Waals surface area (Å²) in [7, 11) is 0. The number of thioether (sulfide) groups is 1. The fourth-order valence-electron chi connectivity index (χ4n) is 4.37. The lowest BCUT2D eigenvalue weighted by Crippen LogP contribution is -2.46. The number of hydrogen-bond acceptors (Lipinski definition) is 6. The largest absolute Gasteiger partial charge is 0.354 e. The van der Waals surface area contributed by atoms with Crippen molar-refractivity contribution in [2.75, 3.05) is 31.1 Å². The molecule has 1 saturated heterocycles. The third-order valence-corrected chi connectivity index (χ3v) is 7.60. The van der Waals surface area contributed by atoms with E-state index in [1.807, 2.05) is 60.7 Å². The Bertz CT molecular complexity index is 1330. The van der Waals surface area contributed by atoms with Crippen LogP contribution in [0.15, 0.2) is 96.2 Å². The van der Waals surface area contributed by atoms with Gasteiger partial charge in [0, 0.05) is 56.7 Å². The molecule has 0 atom stereocenters. The first-order valence-electron chi connectivity index (χ1n) is 12.7. The standard InChI is InChI=1S/C30H30ClN5OS/c31-27-19-28(36-17-15-35(16-18-36)21-24-9-5-2-6-10-24)34-30(33-27)38-22-25-11-13-26(14-12-25)29(37)32-20-23-7-3-1-4-8-23/h1-14,19H,15-18,20-22H2,(H,32,37).